The lowest BCUT2D eigenvalue weighted by molar-refractivity contribution is -0.386. The Morgan fingerprint density at radius 1 is 1.43 bits per heavy atom. The molecule has 1 aromatic carbocycles. The van der Waals surface area contributed by atoms with Crippen LogP contribution in [0.25, 0.3) is 0 Å². The van der Waals surface area contributed by atoms with Gasteiger partial charge in [0.1, 0.15) is 5.69 Å². The third kappa shape index (κ3) is 3.03. The molecule has 21 heavy (non-hydrogen) atoms. The van der Waals surface area contributed by atoms with Gasteiger partial charge in [0, 0.05) is 5.56 Å². The molecule has 0 spiro atoms. The van der Waals surface area contributed by atoms with Crippen molar-refractivity contribution in [2.45, 2.75) is 6.92 Å². The number of rotatable bonds is 4. The van der Waals surface area contributed by atoms with E-state index in [1.165, 1.54) is 18.5 Å². The number of aromatic nitrogens is 2. The fourth-order valence-electron chi connectivity index (χ4n) is 1.61. The van der Waals surface area contributed by atoms with Gasteiger partial charge in [-0.1, -0.05) is 17.3 Å². The molecule has 0 saturated heterocycles. The quantitative estimate of drug-likeness (QED) is 0.286. The lowest BCUT2D eigenvalue weighted by Gasteiger charge is -2.06. The van der Waals surface area contributed by atoms with Gasteiger partial charge in [0.15, 0.2) is 5.84 Å². The Hall–Kier alpha value is -3.23. The first-order chi connectivity index (χ1) is 10.0. The molecule has 0 unspecified atom stereocenters. The Kier molecular flexibility index (Phi) is 3.93. The normalized spacial score (nSPS) is 11.2. The molecular weight excluding hydrogens is 278 g/mol. The first-order valence-electron chi connectivity index (χ1n) is 5.74. The molecule has 3 N–H and O–H groups in total. The molecule has 2 rings (SSSR count). The third-order valence-electron chi connectivity index (χ3n) is 2.60. The van der Waals surface area contributed by atoms with Crippen molar-refractivity contribution in [1.29, 1.82) is 0 Å². The van der Waals surface area contributed by atoms with Crippen molar-refractivity contribution in [3.05, 3.63) is 52.0 Å². The van der Waals surface area contributed by atoms with Crippen LogP contribution in [0.1, 0.15) is 11.3 Å². The maximum atomic E-state index is 11.0. The minimum Gasteiger partial charge on any atom is -0.430 e. The molecule has 1 heterocycles. The molecule has 9 nitrogen and oxygen atoms in total. The molecule has 1 aromatic heterocycles. The van der Waals surface area contributed by atoms with Crippen molar-refractivity contribution in [2.75, 3.05) is 0 Å². The number of nitrogens with zero attached hydrogens (tertiary/aromatic N) is 4. The molecule has 9 heteroatoms. The first kappa shape index (κ1) is 14.2. The maximum Gasteiger partial charge on any atom is 0.314 e. The summed E-state index contributed by atoms with van der Waals surface area (Å²) in [4.78, 5) is 18.3. The zero-order valence-electron chi connectivity index (χ0n) is 10.9. The van der Waals surface area contributed by atoms with E-state index in [1.54, 1.807) is 19.1 Å². The molecule has 0 aliphatic rings. The number of hydrogen-bond donors (Lipinski definition) is 2. The molecule has 0 amide bonds. The Labute approximate surface area is 118 Å². The van der Waals surface area contributed by atoms with Crippen LogP contribution in [0.2, 0.25) is 0 Å². The van der Waals surface area contributed by atoms with Crippen molar-refractivity contribution >= 4 is 11.5 Å². The van der Waals surface area contributed by atoms with Gasteiger partial charge in [0.2, 0.25) is 11.6 Å². The van der Waals surface area contributed by atoms with Crippen LogP contribution < -0.4 is 10.5 Å². The zero-order chi connectivity index (χ0) is 15.4. The van der Waals surface area contributed by atoms with E-state index >= 15 is 0 Å². The molecular formula is C12H11N5O4. The van der Waals surface area contributed by atoms with Crippen LogP contribution in [0, 0.1) is 17.0 Å². The minimum absolute atomic E-state index is 0.0539. The summed E-state index contributed by atoms with van der Waals surface area (Å²) in [5, 5.41) is 22.3. The van der Waals surface area contributed by atoms with Crippen molar-refractivity contribution in [2.24, 2.45) is 10.9 Å². The number of nitro benzene ring substituents is 1. The number of ether oxygens (including phenoxy) is 1. The largest absolute Gasteiger partial charge is 0.430 e. The Morgan fingerprint density at radius 2 is 2.19 bits per heavy atom. The van der Waals surface area contributed by atoms with Gasteiger partial charge in [-0.25, -0.2) is 9.97 Å². The van der Waals surface area contributed by atoms with Crippen LogP contribution >= 0.6 is 0 Å². The number of nitro groups is 1. The number of hydrogen-bond acceptors (Lipinski definition) is 7. The van der Waals surface area contributed by atoms with E-state index in [0.29, 0.717) is 5.56 Å². The van der Waals surface area contributed by atoms with Gasteiger partial charge in [-0.15, -0.1) is 0 Å². The second-order valence-electron chi connectivity index (χ2n) is 4.01. The summed E-state index contributed by atoms with van der Waals surface area (Å²) >= 11 is 0. The Bertz CT molecular complexity index is 699. The fourth-order valence-corrected chi connectivity index (χ4v) is 1.61. The summed E-state index contributed by atoms with van der Waals surface area (Å²) in [5.74, 6) is -0.0837. The molecule has 0 radical (unpaired) electrons. The van der Waals surface area contributed by atoms with Crippen LogP contribution in [0.3, 0.4) is 0 Å². The highest BCUT2D eigenvalue weighted by Crippen LogP contribution is 2.32. The molecule has 0 aliphatic carbocycles. The van der Waals surface area contributed by atoms with Gasteiger partial charge in [0.05, 0.1) is 17.3 Å². The monoisotopic (exact) mass is 289 g/mol. The zero-order valence-corrected chi connectivity index (χ0v) is 10.9. The van der Waals surface area contributed by atoms with Crippen LogP contribution in [-0.2, 0) is 0 Å². The summed E-state index contributed by atoms with van der Waals surface area (Å²) in [6.45, 7) is 1.61. The number of para-hydroxylation sites is 1. The molecule has 108 valence electrons. The van der Waals surface area contributed by atoms with Gasteiger partial charge in [-0.3, -0.25) is 10.1 Å². The second kappa shape index (κ2) is 5.82. The smallest absolute Gasteiger partial charge is 0.314 e. The minimum atomic E-state index is -0.525. The topological polar surface area (TPSA) is 137 Å². The van der Waals surface area contributed by atoms with Gasteiger partial charge in [0.25, 0.3) is 0 Å². The van der Waals surface area contributed by atoms with E-state index in [9.17, 15) is 10.1 Å². The van der Waals surface area contributed by atoms with Crippen molar-refractivity contribution < 1.29 is 14.9 Å². The Balaban J connectivity index is 2.31. The van der Waals surface area contributed by atoms with E-state index in [-0.39, 0.29) is 28.8 Å². The van der Waals surface area contributed by atoms with Crippen molar-refractivity contribution in [3.63, 3.8) is 0 Å². The average Bonchev–Trinajstić information content (AvgIpc) is 2.47. The number of nitrogens with two attached hydrogens (primary N) is 1. The number of benzene rings is 1. The van der Waals surface area contributed by atoms with Gasteiger partial charge in [-0.05, 0) is 13.0 Å². The molecule has 0 aliphatic heterocycles. The fraction of sp³-hybridized carbons (Fsp3) is 0.0833. The molecule has 0 bridgehead atoms. The van der Waals surface area contributed by atoms with E-state index < -0.39 is 4.92 Å². The third-order valence-corrected chi connectivity index (χ3v) is 2.60. The molecule has 0 fully saturated rings. The van der Waals surface area contributed by atoms with E-state index in [2.05, 4.69) is 15.1 Å². The Morgan fingerprint density at radius 3 is 2.76 bits per heavy atom. The molecule has 0 saturated carbocycles. The number of amidine groups is 1. The van der Waals surface area contributed by atoms with Gasteiger partial charge < -0.3 is 15.7 Å². The van der Waals surface area contributed by atoms with Crippen LogP contribution in [0.4, 0.5) is 5.69 Å². The van der Waals surface area contributed by atoms with Crippen LogP contribution in [0.15, 0.2) is 35.7 Å². The average molecular weight is 289 g/mol. The predicted molar refractivity (Wildman–Crippen MR) is 72.5 cm³/mol. The highest BCUT2D eigenvalue weighted by Gasteiger charge is 2.19. The highest BCUT2D eigenvalue weighted by molar-refractivity contribution is 5.94. The standard InChI is InChI=1S/C12H11N5O4/c1-7-3-2-4-9(11(7)17(19)20)21-10-6-14-8(5-15-10)12(13)16-18/h2-6,18H,1H3,(H2,13,16). The SMILES string of the molecule is Cc1cccc(Oc2cnc(C(N)=NO)cn2)c1[N+](=O)[O-]. The second-order valence-corrected chi connectivity index (χ2v) is 4.01. The summed E-state index contributed by atoms with van der Waals surface area (Å²) in [6.07, 6.45) is 2.45. The van der Waals surface area contributed by atoms with Crippen LogP contribution in [0.5, 0.6) is 11.6 Å². The van der Waals surface area contributed by atoms with E-state index in [1.807, 2.05) is 0 Å². The molecule has 2 aromatic rings. The predicted octanol–water partition coefficient (Wildman–Crippen LogP) is 1.58. The van der Waals surface area contributed by atoms with E-state index in [4.69, 9.17) is 15.7 Å². The summed E-state index contributed by atoms with van der Waals surface area (Å²) in [6, 6.07) is 4.71. The lowest BCUT2D eigenvalue weighted by atomic mass is 10.2. The summed E-state index contributed by atoms with van der Waals surface area (Å²) < 4.78 is 5.36. The van der Waals surface area contributed by atoms with Gasteiger partial charge in [-0.2, -0.15) is 0 Å². The maximum absolute atomic E-state index is 11.0. The highest BCUT2D eigenvalue weighted by atomic mass is 16.6. The summed E-state index contributed by atoms with van der Waals surface area (Å²) in [7, 11) is 0. The lowest BCUT2D eigenvalue weighted by Crippen LogP contribution is -2.15. The number of oxime groups is 1. The van der Waals surface area contributed by atoms with Crippen molar-refractivity contribution in [3.8, 4) is 11.6 Å². The van der Waals surface area contributed by atoms with Crippen molar-refractivity contribution in [1.82, 2.24) is 9.97 Å². The summed E-state index contributed by atoms with van der Waals surface area (Å²) in [5.41, 5.74) is 5.84. The van der Waals surface area contributed by atoms with Gasteiger partial charge >= 0.3 is 5.69 Å². The first-order valence-corrected chi connectivity index (χ1v) is 5.74. The molecule has 0 atom stereocenters. The van der Waals surface area contributed by atoms with Crippen LogP contribution in [-0.4, -0.2) is 25.9 Å². The number of aryl methyl sites for hydroxylation is 1. The van der Waals surface area contributed by atoms with E-state index in [0.717, 1.165) is 0 Å².